The monoisotopic (exact) mass is 605 g/mol. The molecule has 2 aromatic rings. The van der Waals surface area contributed by atoms with Crippen molar-refractivity contribution in [3.63, 3.8) is 0 Å². The van der Waals surface area contributed by atoms with Gasteiger partial charge in [0.2, 0.25) is 5.91 Å². The molecule has 3 aliphatic carbocycles. The van der Waals surface area contributed by atoms with Crippen LogP contribution in [0.15, 0.2) is 36.4 Å². The Hall–Kier alpha value is -4.26. The molecule has 2 aromatic carbocycles. The smallest absolute Gasteiger partial charge is 0.319 e. The highest BCUT2D eigenvalue weighted by molar-refractivity contribution is 6.32. The van der Waals surface area contributed by atoms with Gasteiger partial charge in [-0.3, -0.25) is 33.7 Å². The fourth-order valence-corrected chi connectivity index (χ4v) is 7.20. The number of nitrogens with zero attached hydrogens (tertiary/aromatic N) is 1. The van der Waals surface area contributed by atoms with Crippen LogP contribution in [0, 0.1) is 23.7 Å². The van der Waals surface area contributed by atoms with E-state index in [0.717, 1.165) is 11.1 Å². The number of phenols is 1. The molecule has 44 heavy (non-hydrogen) atoms. The molecule has 2 unspecified atom stereocenters. The molecule has 0 heterocycles. The first-order chi connectivity index (χ1) is 20.8. The summed E-state index contributed by atoms with van der Waals surface area (Å²) in [6.45, 7) is 2.52. The average Bonchev–Trinajstić information content (AvgIpc) is 2.95. The number of nitrogens with two attached hydrogens (primary N) is 1. The Kier molecular flexibility index (Phi) is 8.27. The van der Waals surface area contributed by atoms with Crippen LogP contribution in [0.1, 0.15) is 34.8 Å². The molecule has 5 N–H and O–H groups in total. The number of rotatable bonds is 8. The third kappa shape index (κ3) is 4.92. The second-order valence-corrected chi connectivity index (χ2v) is 11.9. The number of ketones is 4. The SMILES string of the molecule is CCOC(=O)CNCc1ccc(-c2ccc(O)c3c2C[C@H]2C[C@H]4[C@@H](N(C)C)C(=O)C(C(N)=O)C(=O)[C@@]4(O)C(=O)C2C3=O)cc1. The summed E-state index contributed by atoms with van der Waals surface area (Å²) < 4.78 is 4.91. The van der Waals surface area contributed by atoms with Crippen LogP contribution in [-0.4, -0.2) is 89.0 Å². The van der Waals surface area contributed by atoms with Crippen LogP contribution in [0.25, 0.3) is 11.1 Å². The first-order valence-electron chi connectivity index (χ1n) is 14.5. The average molecular weight is 606 g/mol. The van der Waals surface area contributed by atoms with Gasteiger partial charge in [-0.2, -0.15) is 0 Å². The van der Waals surface area contributed by atoms with Gasteiger partial charge in [-0.25, -0.2) is 0 Å². The van der Waals surface area contributed by atoms with Gasteiger partial charge in [-0.1, -0.05) is 30.3 Å². The first-order valence-corrected chi connectivity index (χ1v) is 14.5. The minimum atomic E-state index is -2.76. The molecule has 2 fully saturated rings. The Bertz CT molecular complexity index is 1570. The van der Waals surface area contributed by atoms with Crippen LogP contribution in [-0.2, 0) is 41.7 Å². The predicted molar refractivity (Wildman–Crippen MR) is 155 cm³/mol. The third-order valence-corrected chi connectivity index (χ3v) is 9.11. The Labute approximate surface area is 253 Å². The van der Waals surface area contributed by atoms with Gasteiger partial charge in [-0.15, -0.1) is 0 Å². The quantitative estimate of drug-likeness (QED) is 0.237. The van der Waals surface area contributed by atoms with Crippen LogP contribution >= 0.6 is 0 Å². The standard InChI is InChI=1S/C32H35N3O9/c1-4-44-22(37)14-34-13-15-5-7-16(8-6-15)18-9-10-21(36)24-19(18)11-17-12-20-26(35(2)3)28(39)25(31(33)42)30(41)32(20,43)29(40)23(17)27(24)38/h5-10,17,20,23,25-26,34,36,43H,4,11-14H2,1-3H3,(H2,33,42)/t17-,20-,23?,25?,26+,32-/m0/s1. The summed E-state index contributed by atoms with van der Waals surface area (Å²) in [4.78, 5) is 79.8. The molecule has 12 nitrogen and oxygen atoms in total. The highest BCUT2D eigenvalue weighted by Gasteiger charge is 2.69. The normalized spacial score (nSPS) is 27.9. The number of ether oxygens (including phenoxy) is 1. The van der Waals surface area contributed by atoms with E-state index in [1.807, 2.05) is 24.3 Å². The second-order valence-electron chi connectivity index (χ2n) is 11.9. The van der Waals surface area contributed by atoms with Gasteiger partial charge in [0.15, 0.2) is 34.7 Å². The van der Waals surface area contributed by atoms with E-state index in [9.17, 15) is 39.0 Å². The van der Waals surface area contributed by atoms with E-state index in [-0.39, 0.29) is 36.7 Å². The predicted octanol–water partition coefficient (Wildman–Crippen LogP) is 0.187. The molecule has 232 valence electrons. The molecule has 0 bridgehead atoms. The Morgan fingerprint density at radius 1 is 1.07 bits per heavy atom. The van der Waals surface area contributed by atoms with E-state index in [1.54, 1.807) is 27.1 Å². The van der Waals surface area contributed by atoms with Gasteiger partial charge in [0.1, 0.15) is 5.75 Å². The van der Waals surface area contributed by atoms with Crippen molar-refractivity contribution in [3.05, 3.63) is 53.1 Å². The number of aliphatic hydroxyl groups is 1. The number of carbonyl (C=O) groups excluding carboxylic acids is 6. The Morgan fingerprint density at radius 3 is 2.36 bits per heavy atom. The number of hydrogen-bond donors (Lipinski definition) is 4. The molecule has 0 radical (unpaired) electrons. The van der Waals surface area contributed by atoms with Crippen molar-refractivity contribution in [2.24, 2.45) is 29.4 Å². The number of aromatic hydroxyl groups is 1. The number of Topliss-reactive ketones (excluding diaryl/α,β-unsaturated/α-hetero) is 4. The van der Waals surface area contributed by atoms with Gasteiger partial charge in [-0.05, 0) is 68.1 Å². The molecule has 0 saturated heterocycles. The zero-order chi connectivity index (χ0) is 32.1. The summed E-state index contributed by atoms with van der Waals surface area (Å²) in [6.07, 6.45) is 0.141. The van der Waals surface area contributed by atoms with Crippen molar-refractivity contribution in [1.29, 1.82) is 0 Å². The van der Waals surface area contributed by atoms with Gasteiger partial charge < -0.3 is 26.0 Å². The van der Waals surface area contributed by atoms with E-state index < -0.39 is 64.4 Å². The number of phenolic OH excluding ortho intramolecular Hbond substituents is 1. The molecule has 1 amide bonds. The van der Waals surface area contributed by atoms with Crippen molar-refractivity contribution in [1.82, 2.24) is 10.2 Å². The van der Waals surface area contributed by atoms with Crippen LogP contribution in [0.4, 0.5) is 0 Å². The highest BCUT2D eigenvalue weighted by atomic mass is 16.5. The maximum Gasteiger partial charge on any atom is 0.319 e. The fraction of sp³-hybridized carbons (Fsp3) is 0.438. The molecule has 0 aliphatic heterocycles. The van der Waals surface area contributed by atoms with E-state index in [2.05, 4.69) is 5.32 Å². The lowest BCUT2D eigenvalue weighted by molar-refractivity contribution is -0.181. The summed E-state index contributed by atoms with van der Waals surface area (Å²) in [6, 6.07) is 9.30. The molecular weight excluding hydrogens is 570 g/mol. The van der Waals surface area contributed by atoms with E-state index in [4.69, 9.17) is 10.5 Å². The van der Waals surface area contributed by atoms with Crippen LogP contribution in [0.3, 0.4) is 0 Å². The maximum absolute atomic E-state index is 14.0. The van der Waals surface area contributed by atoms with Crippen molar-refractivity contribution < 1.29 is 43.7 Å². The van der Waals surface area contributed by atoms with Gasteiger partial charge >= 0.3 is 5.97 Å². The van der Waals surface area contributed by atoms with E-state index in [0.29, 0.717) is 24.3 Å². The van der Waals surface area contributed by atoms with Gasteiger partial charge in [0.25, 0.3) is 0 Å². The number of primary amides is 1. The molecule has 6 atom stereocenters. The number of likely N-dealkylation sites (N-methyl/N-ethyl adjacent to an activating group) is 1. The van der Waals surface area contributed by atoms with Crippen LogP contribution in [0.2, 0.25) is 0 Å². The minimum Gasteiger partial charge on any atom is -0.507 e. The molecule has 12 heteroatoms. The highest BCUT2D eigenvalue weighted by Crippen LogP contribution is 2.51. The van der Waals surface area contributed by atoms with Crippen molar-refractivity contribution in [3.8, 4) is 16.9 Å². The molecule has 0 aromatic heterocycles. The zero-order valence-corrected chi connectivity index (χ0v) is 24.7. The topological polar surface area (TPSA) is 193 Å². The summed E-state index contributed by atoms with van der Waals surface area (Å²) in [7, 11) is 3.09. The lowest BCUT2D eigenvalue weighted by Gasteiger charge is -2.52. The number of benzene rings is 2. The molecule has 0 spiro atoms. The summed E-state index contributed by atoms with van der Waals surface area (Å²) in [5, 5.41) is 25.5. The van der Waals surface area contributed by atoms with Crippen molar-refractivity contribution in [2.45, 2.75) is 38.0 Å². The minimum absolute atomic E-state index is 0.0237. The first kappa shape index (κ1) is 31.2. The summed E-state index contributed by atoms with van der Waals surface area (Å²) >= 11 is 0. The Balaban J connectivity index is 1.49. The number of amides is 1. The number of nitrogens with one attached hydrogen (secondary N) is 1. The summed E-state index contributed by atoms with van der Waals surface area (Å²) in [5.74, 6) is -11.2. The van der Waals surface area contributed by atoms with Crippen LogP contribution in [0.5, 0.6) is 5.75 Å². The van der Waals surface area contributed by atoms with Gasteiger partial charge in [0.05, 0.1) is 30.7 Å². The number of esters is 1. The fourth-order valence-electron chi connectivity index (χ4n) is 7.20. The van der Waals surface area contributed by atoms with Crippen molar-refractivity contribution >= 4 is 35.0 Å². The zero-order valence-electron chi connectivity index (χ0n) is 24.7. The maximum atomic E-state index is 14.0. The number of fused-ring (bicyclic) bond motifs is 3. The van der Waals surface area contributed by atoms with Gasteiger partial charge in [0, 0.05) is 12.5 Å². The van der Waals surface area contributed by atoms with E-state index in [1.165, 1.54) is 11.0 Å². The molecular formula is C32H35N3O9. The number of carbonyl (C=O) groups is 6. The third-order valence-electron chi connectivity index (χ3n) is 9.11. The molecule has 3 aliphatic rings. The summed E-state index contributed by atoms with van der Waals surface area (Å²) in [5.41, 5.74) is 5.37. The largest absolute Gasteiger partial charge is 0.507 e. The second kappa shape index (κ2) is 11.7. The molecule has 2 saturated carbocycles. The number of hydrogen-bond acceptors (Lipinski definition) is 11. The van der Waals surface area contributed by atoms with Crippen LogP contribution < -0.4 is 11.1 Å². The van der Waals surface area contributed by atoms with Crippen molar-refractivity contribution in [2.75, 3.05) is 27.2 Å². The van der Waals surface area contributed by atoms with E-state index >= 15 is 0 Å². The Morgan fingerprint density at radius 2 is 1.75 bits per heavy atom. The molecule has 5 rings (SSSR count). The lowest BCUT2D eigenvalue weighted by atomic mass is 9.52. The lowest BCUT2D eigenvalue weighted by Crippen LogP contribution is -2.74.